The van der Waals surface area contributed by atoms with Crippen LogP contribution in [0.15, 0.2) is 65.9 Å². The molecule has 0 aliphatic rings. The Bertz CT molecular complexity index is 1010. The van der Waals surface area contributed by atoms with Gasteiger partial charge in [0.05, 0.1) is 0 Å². The fourth-order valence-electron chi connectivity index (χ4n) is 3.22. The zero-order chi connectivity index (χ0) is 21.5. The van der Waals surface area contributed by atoms with Crippen LogP contribution in [-0.2, 0) is 11.4 Å². The summed E-state index contributed by atoms with van der Waals surface area (Å²) in [5.41, 5.74) is 4.92. The number of benzene rings is 2. The maximum Gasteiger partial charge on any atom is 0.303 e. The summed E-state index contributed by atoms with van der Waals surface area (Å²) in [4.78, 5) is 11.2. The van der Waals surface area contributed by atoms with Crippen LogP contribution in [0.5, 0.6) is 11.5 Å². The maximum atomic E-state index is 11.2. The Balaban J connectivity index is 1.88. The molecule has 1 atom stereocenters. The minimum Gasteiger partial charge on any atom is -0.489 e. The Morgan fingerprint density at radius 1 is 1.20 bits per heavy atom. The van der Waals surface area contributed by atoms with Crippen LogP contribution in [0.1, 0.15) is 48.1 Å². The van der Waals surface area contributed by atoms with Crippen LogP contribution in [0.4, 0.5) is 0 Å². The number of aryl methyl sites for hydroxylation is 1. The number of rotatable bonds is 10. The first-order valence-electron chi connectivity index (χ1n) is 9.82. The van der Waals surface area contributed by atoms with Gasteiger partial charge in [-0.15, -0.1) is 0 Å². The number of hydrogen-bond acceptors (Lipinski definition) is 4. The second kappa shape index (κ2) is 10.1. The molecule has 3 aromatic rings. The SMILES string of the molecule is C=C(C)c1ccc(OCc2ccsc2)cc1O[C@@H](CCC(=O)O)c1ccccc1C. The average molecular weight is 423 g/mol. The first kappa shape index (κ1) is 21.7. The molecule has 0 saturated carbocycles. The Kier molecular flexibility index (Phi) is 7.31. The van der Waals surface area contributed by atoms with E-state index in [0.29, 0.717) is 24.5 Å². The normalized spacial score (nSPS) is 11.7. The van der Waals surface area contributed by atoms with E-state index in [-0.39, 0.29) is 12.5 Å². The summed E-state index contributed by atoms with van der Waals surface area (Å²) in [6, 6.07) is 15.6. The molecule has 0 radical (unpaired) electrons. The molecule has 0 aliphatic carbocycles. The van der Waals surface area contributed by atoms with Gasteiger partial charge in [-0.3, -0.25) is 4.79 Å². The second-order valence-corrected chi connectivity index (χ2v) is 8.03. The van der Waals surface area contributed by atoms with Crippen molar-refractivity contribution in [2.24, 2.45) is 0 Å². The van der Waals surface area contributed by atoms with Crippen LogP contribution < -0.4 is 9.47 Å². The molecule has 30 heavy (non-hydrogen) atoms. The van der Waals surface area contributed by atoms with Gasteiger partial charge in [-0.05, 0) is 71.5 Å². The molecule has 5 heteroatoms. The zero-order valence-corrected chi connectivity index (χ0v) is 18.1. The van der Waals surface area contributed by atoms with E-state index in [1.165, 1.54) is 0 Å². The van der Waals surface area contributed by atoms with Crippen LogP contribution in [0, 0.1) is 6.92 Å². The van der Waals surface area contributed by atoms with Gasteiger partial charge in [0.15, 0.2) is 0 Å². The highest BCUT2D eigenvalue weighted by Crippen LogP contribution is 2.35. The fraction of sp³-hybridized carbons (Fsp3) is 0.240. The molecule has 0 fully saturated rings. The Hall–Kier alpha value is -3.05. The number of carboxylic acids is 1. The predicted molar refractivity (Wildman–Crippen MR) is 121 cm³/mol. The summed E-state index contributed by atoms with van der Waals surface area (Å²) in [7, 11) is 0. The Morgan fingerprint density at radius 2 is 2.00 bits per heavy atom. The van der Waals surface area contributed by atoms with Crippen molar-refractivity contribution < 1.29 is 19.4 Å². The third kappa shape index (κ3) is 5.74. The number of ether oxygens (including phenoxy) is 2. The molecule has 2 aromatic carbocycles. The van der Waals surface area contributed by atoms with Crippen LogP contribution in [-0.4, -0.2) is 11.1 Å². The van der Waals surface area contributed by atoms with E-state index >= 15 is 0 Å². The van der Waals surface area contributed by atoms with Gasteiger partial charge < -0.3 is 14.6 Å². The molecule has 0 aliphatic heterocycles. The first-order valence-corrected chi connectivity index (χ1v) is 10.8. The summed E-state index contributed by atoms with van der Waals surface area (Å²) in [6.45, 7) is 8.47. The lowest BCUT2D eigenvalue weighted by molar-refractivity contribution is -0.137. The number of thiophene rings is 1. The Labute approximate surface area is 181 Å². The number of allylic oxidation sites excluding steroid dienone is 1. The lowest BCUT2D eigenvalue weighted by atomic mass is 9.99. The van der Waals surface area contributed by atoms with Crippen LogP contribution in [0.2, 0.25) is 0 Å². The summed E-state index contributed by atoms with van der Waals surface area (Å²) in [6.07, 6.45) is 0.0125. The number of aliphatic carboxylic acids is 1. The summed E-state index contributed by atoms with van der Waals surface area (Å²) >= 11 is 1.64. The highest BCUT2D eigenvalue weighted by atomic mass is 32.1. The van der Waals surface area contributed by atoms with Crippen LogP contribution >= 0.6 is 11.3 Å². The van der Waals surface area contributed by atoms with Gasteiger partial charge in [0.25, 0.3) is 0 Å². The van der Waals surface area contributed by atoms with Gasteiger partial charge >= 0.3 is 5.97 Å². The highest BCUT2D eigenvalue weighted by Gasteiger charge is 2.19. The monoisotopic (exact) mass is 422 g/mol. The predicted octanol–water partition coefficient (Wildman–Crippen LogP) is 6.65. The second-order valence-electron chi connectivity index (χ2n) is 7.25. The summed E-state index contributed by atoms with van der Waals surface area (Å²) < 4.78 is 12.3. The van der Waals surface area contributed by atoms with E-state index in [1.54, 1.807) is 11.3 Å². The minimum atomic E-state index is -0.842. The third-order valence-electron chi connectivity index (χ3n) is 4.82. The van der Waals surface area contributed by atoms with Crippen molar-refractivity contribution >= 4 is 22.9 Å². The molecule has 0 spiro atoms. The van der Waals surface area contributed by atoms with E-state index < -0.39 is 5.97 Å². The molecule has 156 valence electrons. The van der Waals surface area contributed by atoms with Gasteiger partial charge in [-0.1, -0.05) is 30.8 Å². The molecular weight excluding hydrogens is 396 g/mol. The fourth-order valence-corrected chi connectivity index (χ4v) is 3.87. The van der Waals surface area contributed by atoms with Crippen LogP contribution in [0.25, 0.3) is 5.57 Å². The largest absolute Gasteiger partial charge is 0.489 e. The molecule has 1 N–H and O–H groups in total. The highest BCUT2D eigenvalue weighted by molar-refractivity contribution is 7.07. The van der Waals surface area contributed by atoms with Crippen molar-refractivity contribution in [2.45, 2.75) is 39.4 Å². The summed E-state index contributed by atoms with van der Waals surface area (Å²) in [5.74, 6) is 0.497. The maximum absolute atomic E-state index is 11.2. The quantitative estimate of drug-likeness (QED) is 0.397. The third-order valence-corrected chi connectivity index (χ3v) is 5.56. The molecular formula is C25H26O4S. The zero-order valence-electron chi connectivity index (χ0n) is 17.3. The van der Waals surface area contributed by atoms with Crippen molar-refractivity contribution in [1.82, 2.24) is 0 Å². The van der Waals surface area contributed by atoms with E-state index in [9.17, 15) is 9.90 Å². The van der Waals surface area contributed by atoms with Crippen molar-refractivity contribution in [3.05, 3.63) is 88.1 Å². The van der Waals surface area contributed by atoms with Gasteiger partial charge in [0.2, 0.25) is 0 Å². The standard InChI is InChI=1S/C25H26O4S/c1-17(2)21-9-8-20(28-15-19-12-13-30-16-19)14-24(21)29-23(10-11-25(26)27)22-7-5-4-6-18(22)3/h4-9,12-14,16,23H,1,10-11,15H2,2-3H3,(H,26,27)/t23-/m0/s1. The number of hydrogen-bond donors (Lipinski definition) is 1. The first-order chi connectivity index (χ1) is 14.4. The van der Waals surface area contributed by atoms with E-state index in [4.69, 9.17) is 9.47 Å². The molecule has 0 amide bonds. The molecule has 0 bridgehead atoms. The minimum absolute atomic E-state index is 0.0236. The van der Waals surface area contributed by atoms with E-state index in [2.05, 4.69) is 12.0 Å². The molecule has 3 rings (SSSR count). The Morgan fingerprint density at radius 3 is 2.67 bits per heavy atom. The molecule has 1 aromatic heterocycles. The lowest BCUT2D eigenvalue weighted by Crippen LogP contribution is -2.12. The molecule has 0 saturated heterocycles. The summed E-state index contributed by atoms with van der Waals surface area (Å²) in [5, 5.41) is 13.3. The van der Waals surface area contributed by atoms with E-state index in [1.807, 2.05) is 67.8 Å². The molecule has 1 heterocycles. The topological polar surface area (TPSA) is 55.8 Å². The van der Waals surface area contributed by atoms with Crippen LogP contribution in [0.3, 0.4) is 0 Å². The average Bonchev–Trinajstić information content (AvgIpc) is 3.23. The number of carboxylic acid groups (broad SMARTS) is 1. The molecule has 4 nitrogen and oxygen atoms in total. The van der Waals surface area contributed by atoms with Crippen molar-refractivity contribution in [3.63, 3.8) is 0 Å². The van der Waals surface area contributed by atoms with Crippen molar-refractivity contribution in [2.75, 3.05) is 0 Å². The number of carbonyl (C=O) groups is 1. The molecule has 0 unspecified atom stereocenters. The van der Waals surface area contributed by atoms with Gasteiger partial charge in [0, 0.05) is 18.1 Å². The van der Waals surface area contributed by atoms with E-state index in [0.717, 1.165) is 27.8 Å². The van der Waals surface area contributed by atoms with Gasteiger partial charge in [0.1, 0.15) is 24.2 Å². The van der Waals surface area contributed by atoms with Gasteiger partial charge in [-0.25, -0.2) is 0 Å². The smallest absolute Gasteiger partial charge is 0.303 e. The van der Waals surface area contributed by atoms with Crippen molar-refractivity contribution in [3.8, 4) is 11.5 Å². The lowest BCUT2D eigenvalue weighted by Gasteiger charge is -2.23. The van der Waals surface area contributed by atoms with Crippen molar-refractivity contribution in [1.29, 1.82) is 0 Å². The van der Waals surface area contributed by atoms with Gasteiger partial charge in [-0.2, -0.15) is 11.3 Å².